The van der Waals surface area contributed by atoms with Crippen LogP contribution in [0.2, 0.25) is 0 Å². The van der Waals surface area contributed by atoms with E-state index in [-0.39, 0.29) is 23.6 Å². The Balaban J connectivity index is 1.58. The van der Waals surface area contributed by atoms with Gasteiger partial charge in [-0.25, -0.2) is 14.4 Å². The molecular weight excluding hydrogens is 423 g/mol. The third kappa shape index (κ3) is 3.42. The first kappa shape index (κ1) is 20.2. The van der Waals surface area contributed by atoms with Crippen LogP contribution in [0.3, 0.4) is 0 Å². The van der Waals surface area contributed by atoms with Gasteiger partial charge in [0.05, 0.1) is 24.4 Å². The standard InChI is InChI=1S/C24H15FN6O2/c25-21-3-4-22-18(5-6-33-22)19(21)10-28-24-29-11-20(23-30-16(9-27)12-31(23)24)17-2-1-14(13-32)7-15(17)8-26/h1-4,7,11-13H,5-6,10H2,(H,28,29). The van der Waals surface area contributed by atoms with Crippen molar-refractivity contribution in [3.05, 3.63) is 76.5 Å². The summed E-state index contributed by atoms with van der Waals surface area (Å²) in [5.41, 5.74) is 3.61. The molecule has 0 saturated heterocycles. The van der Waals surface area contributed by atoms with E-state index >= 15 is 0 Å². The molecule has 1 aliphatic heterocycles. The molecule has 0 fully saturated rings. The summed E-state index contributed by atoms with van der Waals surface area (Å²) in [4.78, 5) is 19.9. The van der Waals surface area contributed by atoms with Crippen molar-refractivity contribution < 1.29 is 13.9 Å². The number of anilines is 1. The highest BCUT2D eigenvalue weighted by Crippen LogP contribution is 2.32. The molecule has 0 unspecified atom stereocenters. The molecule has 0 aliphatic carbocycles. The van der Waals surface area contributed by atoms with Gasteiger partial charge in [0.15, 0.2) is 11.3 Å². The van der Waals surface area contributed by atoms with Crippen molar-refractivity contribution in [1.82, 2.24) is 14.4 Å². The predicted octanol–water partition coefficient (Wildman–Crippen LogP) is 3.64. The second-order valence-electron chi connectivity index (χ2n) is 7.42. The second-order valence-corrected chi connectivity index (χ2v) is 7.42. The van der Waals surface area contributed by atoms with E-state index in [0.29, 0.717) is 58.9 Å². The first-order valence-electron chi connectivity index (χ1n) is 10.1. The number of hydrogen-bond acceptors (Lipinski definition) is 7. The number of carbonyl (C=O) groups is 1. The van der Waals surface area contributed by atoms with Gasteiger partial charge in [-0.2, -0.15) is 10.5 Å². The zero-order valence-electron chi connectivity index (χ0n) is 17.2. The number of halogens is 1. The number of nitrogens with one attached hydrogen (secondary N) is 1. The molecule has 0 atom stereocenters. The number of nitriles is 2. The third-order valence-corrected chi connectivity index (χ3v) is 5.56. The van der Waals surface area contributed by atoms with Gasteiger partial charge in [-0.3, -0.25) is 9.20 Å². The van der Waals surface area contributed by atoms with Crippen molar-refractivity contribution >= 4 is 17.9 Å². The molecule has 5 rings (SSSR count). The first-order chi connectivity index (χ1) is 16.1. The van der Waals surface area contributed by atoms with Gasteiger partial charge in [-0.05, 0) is 18.2 Å². The summed E-state index contributed by atoms with van der Waals surface area (Å²) >= 11 is 0. The number of rotatable bonds is 5. The number of hydrogen-bond donors (Lipinski definition) is 1. The van der Waals surface area contributed by atoms with Crippen molar-refractivity contribution in [1.29, 1.82) is 10.5 Å². The van der Waals surface area contributed by atoms with Crippen LogP contribution in [0.1, 0.15) is 32.7 Å². The number of carbonyl (C=O) groups excluding carboxylic acids is 1. The average Bonchev–Trinajstić information content (AvgIpc) is 3.50. The lowest BCUT2D eigenvalue weighted by molar-refractivity contribution is 0.112. The van der Waals surface area contributed by atoms with Crippen molar-refractivity contribution in [3.63, 3.8) is 0 Å². The molecule has 4 aromatic rings. The van der Waals surface area contributed by atoms with Crippen LogP contribution in [0.25, 0.3) is 16.8 Å². The quantitative estimate of drug-likeness (QED) is 0.473. The Labute approximate surface area is 187 Å². The Kier molecular flexibility index (Phi) is 4.92. The molecule has 2 aromatic heterocycles. The number of imidazole rings is 1. The minimum absolute atomic E-state index is 0.163. The smallest absolute Gasteiger partial charge is 0.208 e. The molecule has 3 heterocycles. The van der Waals surface area contributed by atoms with E-state index in [0.717, 1.165) is 5.56 Å². The Bertz CT molecular complexity index is 1510. The van der Waals surface area contributed by atoms with Crippen molar-refractivity contribution in [2.45, 2.75) is 13.0 Å². The fourth-order valence-corrected chi connectivity index (χ4v) is 3.99. The molecule has 160 valence electrons. The van der Waals surface area contributed by atoms with Crippen molar-refractivity contribution in [3.8, 4) is 29.0 Å². The highest BCUT2D eigenvalue weighted by molar-refractivity contribution is 5.85. The van der Waals surface area contributed by atoms with Crippen LogP contribution in [0.4, 0.5) is 10.3 Å². The molecule has 33 heavy (non-hydrogen) atoms. The third-order valence-electron chi connectivity index (χ3n) is 5.56. The topological polar surface area (TPSA) is 116 Å². The Morgan fingerprint density at radius 3 is 2.88 bits per heavy atom. The van der Waals surface area contributed by atoms with Gasteiger partial charge in [-0.1, -0.05) is 12.1 Å². The van der Waals surface area contributed by atoms with E-state index in [1.165, 1.54) is 24.5 Å². The maximum atomic E-state index is 14.5. The number of aldehydes is 1. The van der Waals surface area contributed by atoms with Gasteiger partial charge in [0.25, 0.3) is 0 Å². The van der Waals surface area contributed by atoms with Crippen LogP contribution in [0.5, 0.6) is 5.75 Å². The lowest BCUT2D eigenvalue weighted by atomic mass is 10.00. The summed E-state index contributed by atoms with van der Waals surface area (Å²) in [6, 6.07) is 11.8. The molecule has 9 heteroatoms. The molecule has 0 radical (unpaired) electrons. The molecule has 2 aromatic carbocycles. The minimum Gasteiger partial charge on any atom is -0.493 e. The maximum absolute atomic E-state index is 14.5. The van der Waals surface area contributed by atoms with Gasteiger partial charge in [0.2, 0.25) is 5.95 Å². The minimum atomic E-state index is -0.336. The van der Waals surface area contributed by atoms with E-state index in [1.807, 2.05) is 6.07 Å². The summed E-state index contributed by atoms with van der Waals surface area (Å²) in [5, 5.41) is 22.1. The van der Waals surface area contributed by atoms with Crippen LogP contribution in [-0.4, -0.2) is 27.3 Å². The van der Waals surface area contributed by atoms with E-state index < -0.39 is 0 Å². The predicted molar refractivity (Wildman–Crippen MR) is 116 cm³/mol. The van der Waals surface area contributed by atoms with Gasteiger partial charge in [-0.15, -0.1) is 0 Å². The Morgan fingerprint density at radius 1 is 1.21 bits per heavy atom. The lowest BCUT2D eigenvalue weighted by Crippen LogP contribution is -2.10. The molecule has 1 aliphatic rings. The van der Waals surface area contributed by atoms with Gasteiger partial charge in [0, 0.05) is 47.0 Å². The van der Waals surface area contributed by atoms with Crippen LogP contribution >= 0.6 is 0 Å². The first-order valence-corrected chi connectivity index (χ1v) is 10.1. The van der Waals surface area contributed by atoms with E-state index in [1.54, 1.807) is 22.6 Å². The highest BCUT2D eigenvalue weighted by atomic mass is 19.1. The summed E-state index contributed by atoms with van der Waals surface area (Å²) < 4.78 is 21.6. The van der Waals surface area contributed by atoms with Crippen molar-refractivity contribution in [2.24, 2.45) is 0 Å². The van der Waals surface area contributed by atoms with Gasteiger partial charge in [0.1, 0.15) is 23.9 Å². The van der Waals surface area contributed by atoms with E-state index in [9.17, 15) is 19.7 Å². The van der Waals surface area contributed by atoms with Crippen LogP contribution < -0.4 is 10.1 Å². The van der Waals surface area contributed by atoms with Gasteiger partial charge < -0.3 is 10.1 Å². The molecule has 0 saturated carbocycles. The fraction of sp³-hybridized carbons (Fsp3) is 0.125. The zero-order valence-corrected chi connectivity index (χ0v) is 17.2. The zero-order chi connectivity index (χ0) is 22.9. The summed E-state index contributed by atoms with van der Waals surface area (Å²) in [5.74, 6) is 0.706. The average molecular weight is 438 g/mol. The van der Waals surface area contributed by atoms with Crippen molar-refractivity contribution in [2.75, 3.05) is 11.9 Å². The molecule has 0 bridgehead atoms. The lowest BCUT2D eigenvalue weighted by Gasteiger charge is -2.13. The molecular formula is C24H15FN6O2. The van der Waals surface area contributed by atoms with Crippen LogP contribution in [0.15, 0.2) is 42.7 Å². The Morgan fingerprint density at radius 2 is 2.09 bits per heavy atom. The fourth-order valence-electron chi connectivity index (χ4n) is 3.99. The molecule has 0 spiro atoms. The molecule has 8 nitrogen and oxygen atoms in total. The molecule has 1 N–H and O–H groups in total. The van der Waals surface area contributed by atoms with E-state index in [4.69, 9.17) is 4.74 Å². The number of aromatic nitrogens is 3. The maximum Gasteiger partial charge on any atom is 0.208 e. The normalized spacial score (nSPS) is 12.0. The van der Waals surface area contributed by atoms with Crippen LogP contribution in [0, 0.1) is 28.5 Å². The monoisotopic (exact) mass is 438 g/mol. The van der Waals surface area contributed by atoms with Gasteiger partial charge >= 0.3 is 0 Å². The summed E-state index contributed by atoms with van der Waals surface area (Å²) in [6.45, 7) is 0.678. The van der Waals surface area contributed by atoms with Crippen LogP contribution in [-0.2, 0) is 13.0 Å². The SMILES string of the molecule is N#Cc1cn2c(NCc3c(F)ccc4c3CCO4)ncc(-c3ccc(C=O)cc3C#N)c2n1. The van der Waals surface area contributed by atoms with E-state index in [2.05, 4.69) is 21.4 Å². The number of fused-ring (bicyclic) bond motifs is 2. The second kappa shape index (κ2) is 8.06. The largest absolute Gasteiger partial charge is 0.493 e. The number of ether oxygens (including phenoxy) is 1. The summed E-state index contributed by atoms with van der Waals surface area (Å²) in [6.07, 6.45) is 4.36. The number of benzene rings is 2. The Hall–Kier alpha value is -4.76. The summed E-state index contributed by atoms with van der Waals surface area (Å²) in [7, 11) is 0. The highest BCUT2D eigenvalue weighted by Gasteiger charge is 2.20. The molecule has 0 amide bonds. The number of nitrogens with zero attached hydrogens (tertiary/aromatic N) is 5.